The molecule has 2 amide bonds. The summed E-state index contributed by atoms with van der Waals surface area (Å²) in [6.07, 6.45) is 3.80. The predicted molar refractivity (Wildman–Crippen MR) is 113 cm³/mol. The number of nitrogens with zero attached hydrogens (tertiary/aromatic N) is 1. The van der Waals surface area contributed by atoms with E-state index in [0.717, 1.165) is 17.7 Å². The summed E-state index contributed by atoms with van der Waals surface area (Å²) < 4.78 is 16.7. The lowest BCUT2D eigenvalue weighted by Crippen LogP contribution is -2.43. The molecule has 160 valence electrons. The van der Waals surface area contributed by atoms with Crippen molar-refractivity contribution in [2.75, 3.05) is 13.2 Å². The second kappa shape index (κ2) is 10.2. The van der Waals surface area contributed by atoms with Crippen LogP contribution in [0.4, 0.5) is 0 Å². The van der Waals surface area contributed by atoms with Gasteiger partial charge in [0, 0.05) is 23.6 Å². The predicted octanol–water partition coefficient (Wildman–Crippen LogP) is 2.52. The molecular weight excluding hydrogens is 398 g/mol. The van der Waals surface area contributed by atoms with Gasteiger partial charge in [-0.2, -0.15) is 5.26 Å². The molecule has 8 heteroatoms. The molecule has 1 atom stereocenters. The van der Waals surface area contributed by atoms with Crippen molar-refractivity contribution in [2.24, 2.45) is 0 Å². The van der Waals surface area contributed by atoms with Crippen LogP contribution in [0.1, 0.15) is 30.5 Å². The van der Waals surface area contributed by atoms with Crippen molar-refractivity contribution in [3.8, 4) is 23.3 Å². The highest BCUT2D eigenvalue weighted by Crippen LogP contribution is 2.35. The van der Waals surface area contributed by atoms with Crippen LogP contribution >= 0.6 is 0 Å². The van der Waals surface area contributed by atoms with Crippen molar-refractivity contribution in [3.05, 3.63) is 59.2 Å². The molecule has 0 saturated heterocycles. The lowest BCUT2D eigenvalue weighted by molar-refractivity contribution is -0.128. The Morgan fingerprint density at radius 1 is 1.23 bits per heavy atom. The quantitative estimate of drug-likeness (QED) is 0.525. The molecular formula is C23H23N3O5. The SMILES string of the molecule is CCOc1cc2c(cc1/C=C/C(=O)NNC(=O)COc1ccccc1C#N)O[C@@H](C)C2. The summed E-state index contributed by atoms with van der Waals surface area (Å²) in [5.41, 5.74) is 6.64. The van der Waals surface area contributed by atoms with Crippen molar-refractivity contribution in [2.45, 2.75) is 26.4 Å². The van der Waals surface area contributed by atoms with Gasteiger partial charge in [-0.05, 0) is 44.2 Å². The standard InChI is InChI=1S/C23H23N3O5/c1-3-29-20-12-18-10-15(2)31-21(18)11-16(20)8-9-22(27)25-26-23(28)14-30-19-7-5-4-6-17(19)13-24/h4-9,11-12,15H,3,10,14H2,1-2H3,(H,25,27)(H,26,28)/b9-8+/t15-/m0/s1. The van der Waals surface area contributed by atoms with Gasteiger partial charge >= 0.3 is 0 Å². The van der Waals surface area contributed by atoms with Crippen LogP contribution in [0, 0.1) is 11.3 Å². The van der Waals surface area contributed by atoms with Crippen LogP contribution in [0.15, 0.2) is 42.5 Å². The zero-order valence-corrected chi connectivity index (χ0v) is 17.3. The van der Waals surface area contributed by atoms with E-state index in [9.17, 15) is 9.59 Å². The Hall–Kier alpha value is -3.99. The molecule has 3 rings (SSSR count). The number of hydrogen-bond donors (Lipinski definition) is 2. The van der Waals surface area contributed by atoms with Gasteiger partial charge < -0.3 is 14.2 Å². The molecule has 2 aromatic rings. The number of nitrogens with one attached hydrogen (secondary N) is 2. The molecule has 0 radical (unpaired) electrons. The molecule has 1 heterocycles. The third-order valence-corrected chi connectivity index (χ3v) is 4.43. The molecule has 0 saturated carbocycles. The average Bonchev–Trinajstić information content (AvgIpc) is 3.13. The normalized spacial score (nSPS) is 14.3. The fraction of sp³-hybridized carbons (Fsp3) is 0.261. The van der Waals surface area contributed by atoms with Crippen LogP contribution in [0.25, 0.3) is 6.08 Å². The molecule has 0 aromatic heterocycles. The fourth-order valence-electron chi connectivity index (χ4n) is 3.07. The van der Waals surface area contributed by atoms with Crippen LogP contribution in [0.2, 0.25) is 0 Å². The number of hydrazine groups is 1. The highest BCUT2D eigenvalue weighted by atomic mass is 16.5. The van der Waals surface area contributed by atoms with Crippen molar-refractivity contribution in [3.63, 3.8) is 0 Å². The molecule has 8 nitrogen and oxygen atoms in total. The third kappa shape index (κ3) is 5.76. The van der Waals surface area contributed by atoms with Gasteiger partial charge in [-0.25, -0.2) is 0 Å². The van der Waals surface area contributed by atoms with Gasteiger partial charge in [-0.1, -0.05) is 12.1 Å². The van der Waals surface area contributed by atoms with Gasteiger partial charge in [-0.3, -0.25) is 20.4 Å². The minimum absolute atomic E-state index is 0.101. The van der Waals surface area contributed by atoms with E-state index in [1.54, 1.807) is 30.3 Å². The van der Waals surface area contributed by atoms with Gasteiger partial charge in [0.15, 0.2) is 6.61 Å². The van der Waals surface area contributed by atoms with E-state index in [-0.39, 0.29) is 12.7 Å². The Labute approximate surface area is 180 Å². The third-order valence-electron chi connectivity index (χ3n) is 4.43. The summed E-state index contributed by atoms with van der Waals surface area (Å²) in [5, 5.41) is 9.02. The first-order valence-electron chi connectivity index (χ1n) is 9.85. The van der Waals surface area contributed by atoms with Crippen LogP contribution in [0.5, 0.6) is 17.2 Å². The van der Waals surface area contributed by atoms with E-state index >= 15 is 0 Å². The first-order valence-corrected chi connectivity index (χ1v) is 9.85. The topological polar surface area (TPSA) is 110 Å². The minimum atomic E-state index is -0.565. The summed E-state index contributed by atoms with van der Waals surface area (Å²) in [7, 11) is 0. The Bertz CT molecular complexity index is 1040. The number of benzene rings is 2. The first-order chi connectivity index (χ1) is 15.0. The minimum Gasteiger partial charge on any atom is -0.493 e. The maximum atomic E-state index is 12.1. The summed E-state index contributed by atoms with van der Waals surface area (Å²) in [4.78, 5) is 24.0. The second-order valence-corrected chi connectivity index (χ2v) is 6.83. The fourth-order valence-corrected chi connectivity index (χ4v) is 3.07. The molecule has 1 aliphatic rings. The van der Waals surface area contributed by atoms with Gasteiger partial charge in [0.05, 0.1) is 12.2 Å². The lowest BCUT2D eigenvalue weighted by Gasteiger charge is -2.10. The van der Waals surface area contributed by atoms with Crippen LogP contribution in [-0.4, -0.2) is 31.1 Å². The Morgan fingerprint density at radius 2 is 2.03 bits per heavy atom. The number of amides is 2. The molecule has 0 fully saturated rings. The number of ether oxygens (including phenoxy) is 3. The number of hydrogen-bond acceptors (Lipinski definition) is 6. The van der Waals surface area contributed by atoms with Crippen molar-refractivity contribution in [1.82, 2.24) is 10.9 Å². The number of carbonyl (C=O) groups excluding carboxylic acids is 2. The highest BCUT2D eigenvalue weighted by Gasteiger charge is 2.21. The van der Waals surface area contributed by atoms with Crippen LogP contribution in [-0.2, 0) is 16.0 Å². The molecule has 0 unspecified atom stereocenters. The average molecular weight is 421 g/mol. The van der Waals surface area contributed by atoms with Crippen LogP contribution < -0.4 is 25.1 Å². The molecule has 0 spiro atoms. The molecule has 2 aromatic carbocycles. The van der Waals surface area contributed by atoms with E-state index in [1.807, 2.05) is 32.0 Å². The molecule has 31 heavy (non-hydrogen) atoms. The van der Waals surface area contributed by atoms with Gasteiger partial charge in [0.1, 0.15) is 29.4 Å². The summed E-state index contributed by atoms with van der Waals surface area (Å²) in [6, 6.07) is 12.3. The summed E-state index contributed by atoms with van der Waals surface area (Å²) >= 11 is 0. The summed E-state index contributed by atoms with van der Waals surface area (Å²) in [6.45, 7) is 4.03. The second-order valence-electron chi connectivity index (χ2n) is 6.83. The number of carbonyl (C=O) groups is 2. The number of para-hydroxylation sites is 1. The molecule has 1 aliphatic heterocycles. The number of rotatable bonds is 7. The van der Waals surface area contributed by atoms with Gasteiger partial charge in [-0.15, -0.1) is 0 Å². The molecule has 0 aliphatic carbocycles. The Balaban J connectivity index is 1.54. The van der Waals surface area contributed by atoms with E-state index in [0.29, 0.717) is 29.2 Å². The van der Waals surface area contributed by atoms with Crippen molar-refractivity contribution >= 4 is 17.9 Å². The Kier molecular flexibility index (Phi) is 7.12. The smallest absolute Gasteiger partial charge is 0.276 e. The zero-order valence-electron chi connectivity index (χ0n) is 17.3. The van der Waals surface area contributed by atoms with E-state index in [2.05, 4.69) is 10.9 Å². The summed E-state index contributed by atoms with van der Waals surface area (Å²) in [5.74, 6) is 0.645. The molecule has 2 N–H and O–H groups in total. The van der Waals surface area contributed by atoms with E-state index in [4.69, 9.17) is 19.5 Å². The first kappa shape index (κ1) is 21.7. The van der Waals surface area contributed by atoms with Crippen molar-refractivity contribution < 1.29 is 23.8 Å². The Morgan fingerprint density at radius 3 is 2.81 bits per heavy atom. The maximum Gasteiger partial charge on any atom is 0.276 e. The van der Waals surface area contributed by atoms with E-state index < -0.39 is 11.8 Å². The van der Waals surface area contributed by atoms with Crippen molar-refractivity contribution in [1.29, 1.82) is 5.26 Å². The monoisotopic (exact) mass is 421 g/mol. The van der Waals surface area contributed by atoms with E-state index in [1.165, 1.54) is 6.08 Å². The van der Waals surface area contributed by atoms with Gasteiger partial charge in [0.25, 0.3) is 11.8 Å². The highest BCUT2D eigenvalue weighted by molar-refractivity contribution is 5.93. The van der Waals surface area contributed by atoms with Crippen LogP contribution in [0.3, 0.4) is 0 Å². The lowest BCUT2D eigenvalue weighted by atomic mass is 10.1. The van der Waals surface area contributed by atoms with Gasteiger partial charge in [0.2, 0.25) is 0 Å². The number of fused-ring (bicyclic) bond motifs is 1. The maximum absolute atomic E-state index is 12.1. The number of nitriles is 1. The largest absolute Gasteiger partial charge is 0.493 e. The molecule has 0 bridgehead atoms. The zero-order chi connectivity index (χ0) is 22.2.